The summed E-state index contributed by atoms with van der Waals surface area (Å²) in [5, 5.41) is 1.10. The zero-order chi connectivity index (χ0) is 26.2. The molecule has 2 aliphatic rings. The average molecular weight is 528 g/mol. The van der Waals surface area contributed by atoms with Crippen LogP contribution >= 0.6 is 0 Å². The highest BCUT2D eigenvalue weighted by atomic mass is 32.2. The summed E-state index contributed by atoms with van der Waals surface area (Å²) in [5.41, 5.74) is 3.69. The van der Waals surface area contributed by atoms with Gasteiger partial charge in [0.25, 0.3) is 0 Å². The number of methoxy groups -OCH3 is 1. The second kappa shape index (κ2) is 10.8. The van der Waals surface area contributed by atoms with Gasteiger partial charge in [-0.1, -0.05) is 38.7 Å². The molecule has 3 aromatic rings. The molecule has 1 fully saturated rings. The lowest BCUT2D eigenvalue weighted by molar-refractivity contribution is 0.136. The first-order valence-corrected chi connectivity index (χ1v) is 15.1. The second-order valence-electron chi connectivity index (χ2n) is 10.6. The fourth-order valence-electron chi connectivity index (χ4n) is 5.81. The van der Waals surface area contributed by atoms with Gasteiger partial charge in [-0.25, -0.2) is 17.5 Å². The number of hydrogen-bond donors (Lipinski definition) is 2. The maximum Gasteiger partial charge on any atom is 0.240 e. The summed E-state index contributed by atoms with van der Waals surface area (Å²) in [6, 6.07) is 10.7. The molecule has 37 heavy (non-hydrogen) atoms. The Morgan fingerprint density at radius 3 is 2.59 bits per heavy atom. The monoisotopic (exact) mass is 527 g/mol. The summed E-state index contributed by atoms with van der Waals surface area (Å²) in [4.78, 5) is 5.97. The third-order valence-electron chi connectivity index (χ3n) is 7.84. The van der Waals surface area contributed by atoms with Gasteiger partial charge in [0, 0.05) is 40.8 Å². The molecule has 6 nitrogen and oxygen atoms in total. The van der Waals surface area contributed by atoms with Crippen LogP contribution in [-0.2, 0) is 16.4 Å². The molecule has 0 spiro atoms. The van der Waals surface area contributed by atoms with Crippen molar-refractivity contribution in [2.75, 3.05) is 13.7 Å². The van der Waals surface area contributed by atoms with E-state index in [1.807, 2.05) is 18.2 Å². The van der Waals surface area contributed by atoms with Crippen LogP contribution in [0, 0.1) is 5.82 Å². The van der Waals surface area contributed by atoms with Crippen molar-refractivity contribution in [3.8, 4) is 5.75 Å². The molecule has 2 N–H and O–H groups in total. The Labute approximate surface area is 219 Å². The van der Waals surface area contributed by atoms with Crippen LogP contribution in [0.25, 0.3) is 10.9 Å². The number of benzene rings is 2. The zero-order valence-corrected chi connectivity index (χ0v) is 22.8. The van der Waals surface area contributed by atoms with Gasteiger partial charge in [0.1, 0.15) is 11.6 Å². The minimum Gasteiger partial charge on any atom is -0.497 e. The zero-order valence-electron chi connectivity index (χ0n) is 22.0. The highest BCUT2D eigenvalue weighted by molar-refractivity contribution is 7.89. The summed E-state index contributed by atoms with van der Waals surface area (Å²) < 4.78 is 49.6. The number of nitrogens with one attached hydrogen (secondary N) is 2. The first-order chi connectivity index (χ1) is 17.8. The molecule has 1 saturated carbocycles. The fourth-order valence-corrected chi connectivity index (χ4v) is 6.89. The minimum atomic E-state index is -3.77. The molecule has 0 radical (unpaired) electrons. The van der Waals surface area contributed by atoms with Crippen molar-refractivity contribution in [2.24, 2.45) is 0 Å². The van der Waals surface area contributed by atoms with Gasteiger partial charge in [0.05, 0.1) is 18.0 Å². The SMILES string of the molecule is CCCCCCCNS(=O)(=O)c1ccc(C2c3[nH]c4ccc(OC)cc4c3C[C@H](C)N2C2CC2)c(F)c1. The Hall–Kier alpha value is -2.42. The molecular weight excluding hydrogens is 489 g/mol. The molecule has 2 aromatic carbocycles. The Kier molecular flexibility index (Phi) is 7.61. The Morgan fingerprint density at radius 1 is 1.11 bits per heavy atom. The van der Waals surface area contributed by atoms with Crippen LogP contribution in [0.1, 0.15) is 81.7 Å². The molecular formula is C29H38FN3O3S. The van der Waals surface area contributed by atoms with Crippen LogP contribution in [0.2, 0.25) is 0 Å². The van der Waals surface area contributed by atoms with Gasteiger partial charge >= 0.3 is 0 Å². The highest BCUT2D eigenvalue weighted by Gasteiger charge is 2.44. The quantitative estimate of drug-likeness (QED) is 0.297. The predicted octanol–water partition coefficient (Wildman–Crippen LogP) is 6.06. The van der Waals surface area contributed by atoms with Crippen LogP contribution in [0.3, 0.4) is 0 Å². The van der Waals surface area contributed by atoms with E-state index in [-0.39, 0.29) is 17.0 Å². The third kappa shape index (κ3) is 5.29. The Balaban J connectivity index is 1.46. The topological polar surface area (TPSA) is 74.4 Å². The van der Waals surface area contributed by atoms with E-state index in [0.717, 1.165) is 73.7 Å². The number of hydrogen-bond acceptors (Lipinski definition) is 4. The molecule has 5 rings (SSSR count). The standard InChI is InChI=1S/C29H38FN3O3S/c1-4-5-6-7-8-15-31-37(34,35)22-12-13-23(26(30)18-22)29-28-25(16-19(2)33(29)20-9-10-20)24-17-21(36-3)11-14-27(24)32-28/h11-14,17-20,29,31-32H,4-10,15-16H2,1-3H3/t19-,29?/m0/s1. The largest absolute Gasteiger partial charge is 0.497 e. The van der Waals surface area contributed by atoms with E-state index in [0.29, 0.717) is 18.2 Å². The molecule has 1 unspecified atom stereocenters. The van der Waals surface area contributed by atoms with Gasteiger partial charge in [-0.2, -0.15) is 0 Å². The van der Waals surface area contributed by atoms with Gasteiger partial charge in [-0.3, -0.25) is 4.90 Å². The van der Waals surface area contributed by atoms with Crippen molar-refractivity contribution in [1.82, 2.24) is 14.6 Å². The first-order valence-electron chi connectivity index (χ1n) is 13.6. The molecule has 1 aliphatic heterocycles. The van der Waals surface area contributed by atoms with Crippen molar-refractivity contribution in [3.05, 3.63) is 59.0 Å². The van der Waals surface area contributed by atoms with E-state index in [4.69, 9.17) is 4.74 Å². The average Bonchev–Trinajstić information content (AvgIpc) is 3.66. The van der Waals surface area contributed by atoms with Crippen LogP contribution in [0.4, 0.5) is 4.39 Å². The number of ether oxygens (including phenoxy) is 1. The predicted molar refractivity (Wildman–Crippen MR) is 145 cm³/mol. The maximum absolute atomic E-state index is 15.8. The van der Waals surface area contributed by atoms with Crippen molar-refractivity contribution < 1.29 is 17.5 Å². The lowest BCUT2D eigenvalue weighted by Crippen LogP contribution is -2.44. The van der Waals surface area contributed by atoms with Gasteiger partial charge in [0.2, 0.25) is 10.0 Å². The maximum atomic E-state index is 15.8. The van der Waals surface area contributed by atoms with E-state index in [9.17, 15) is 8.42 Å². The number of unbranched alkanes of at least 4 members (excludes halogenated alkanes) is 4. The Morgan fingerprint density at radius 2 is 1.89 bits per heavy atom. The molecule has 1 aliphatic carbocycles. The number of nitrogens with zero attached hydrogens (tertiary/aromatic N) is 1. The number of H-pyrrole nitrogens is 1. The van der Waals surface area contributed by atoms with E-state index in [2.05, 4.69) is 28.5 Å². The van der Waals surface area contributed by atoms with Crippen LogP contribution in [0.15, 0.2) is 41.3 Å². The summed E-state index contributed by atoms with van der Waals surface area (Å²) in [5.74, 6) is 0.305. The number of halogens is 1. The van der Waals surface area contributed by atoms with Gasteiger partial charge < -0.3 is 9.72 Å². The fraction of sp³-hybridized carbons (Fsp3) is 0.517. The van der Waals surface area contributed by atoms with E-state index in [1.165, 1.54) is 11.6 Å². The van der Waals surface area contributed by atoms with Gasteiger partial charge in [0.15, 0.2) is 0 Å². The van der Waals surface area contributed by atoms with Crippen LogP contribution in [0.5, 0.6) is 5.75 Å². The number of rotatable bonds is 11. The summed E-state index contributed by atoms with van der Waals surface area (Å²) >= 11 is 0. The molecule has 0 bridgehead atoms. The second-order valence-corrected chi connectivity index (χ2v) is 12.3. The summed E-state index contributed by atoms with van der Waals surface area (Å²) in [6.45, 7) is 4.72. The van der Waals surface area contributed by atoms with Gasteiger partial charge in [-0.05, 0) is 68.5 Å². The van der Waals surface area contributed by atoms with E-state index < -0.39 is 15.8 Å². The number of sulfonamides is 1. The van der Waals surface area contributed by atoms with Crippen molar-refractivity contribution in [1.29, 1.82) is 0 Å². The molecule has 2 heterocycles. The number of aromatic nitrogens is 1. The van der Waals surface area contributed by atoms with E-state index in [1.54, 1.807) is 19.2 Å². The van der Waals surface area contributed by atoms with Gasteiger partial charge in [-0.15, -0.1) is 0 Å². The van der Waals surface area contributed by atoms with Crippen LogP contribution in [-0.4, -0.2) is 44.0 Å². The van der Waals surface area contributed by atoms with Crippen molar-refractivity contribution >= 4 is 20.9 Å². The normalized spacial score (nSPS) is 20.3. The molecule has 2 atom stereocenters. The van der Waals surface area contributed by atoms with E-state index >= 15 is 4.39 Å². The highest BCUT2D eigenvalue weighted by Crippen LogP contribution is 2.47. The first kappa shape index (κ1) is 26.2. The number of fused-ring (bicyclic) bond motifs is 3. The minimum absolute atomic E-state index is 0.0225. The van der Waals surface area contributed by atoms with Crippen molar-refractivity contribution in [3.63, 3.8) is 0 Å². The van der Waals surface area contributed by atoms with Crippen LogP contribution < -0.4 is 9.46 Å². The lowest BCUT2D eigenvalue weighted by atomic mass is 9.88. The number of aromatic amines is 1. The molecule has 0 saturated heterocycles. The summed E-state index contributed by atoms with van der Waals surface area (Å²) in [6.07, 6.45) is 8.23. The Bertz CT molecular complexity index is 1370. The molecule has 1 aromatic heterocycles. The lowest BCUT2D eigenvalue weighted by Gasteiger charge is -2.41. The summed E-state index contributed by atoms with van der Waals surface area (Å²) in [7, 11) is -2.11. The smallest absolute Gasteiger partial charge is 0.240 e. The molecule has 8 heteroatoms. The molecule has 200 valence electrons. The third-order valence-corrected chi connectivity index (χ3v) is 9.30. The van der Waals surface area contributed by atoms with Crippen molar-refractivity contribution in [2.45, 2.75) is 88.2 Å². The molecule has 0 amide bonds.